The van der Waals surface area contributed by atoms with E-state index >= 15 is 0 Å². The van der Waals surface area contributed by atoms with Gasteiger partial charge in [0.15, 0.2) is 0 Å². The van der Waals surface area contributed by atoms with Gasteiger partial charge in [-0.2, -0.15) is 0 Å². The van der Waals surface area contributed by atoms with Crippen molar-refractivity contribution in [1.82, 2.24) is 0 Å². The summed E-state index contributed by atoms with van der Waals surface area (Å²) in [5.41, 5.74) is 6.41. The molecule has 2 aromatic carbocycles. The number of aryl methyl sites for hydroxylation is 1. The number of hydrogen-bond acceptors (Lipinski definition) is 2. The van der Waals surface area contributed by atoms with Gasteiger partial charge in [0, 0.05) is 10.5 Å². The minimum atomic E-state index is 0.714. The van der Waals surface area contributed by atoms with Gasteiger partial charge in [-0.25, -0.2) is 0 Å². The molecule has 2 aromatic rings. The molecule has 0 spiro atoms. The molecular weight excluding hydrogens is 288 g/mol. The van der Waals surface area contributed by atoms with Crippen molar-refractivity contribution in [3.05, 3.63) is 77.4 Å². The first-order valence-electron chi connectivity index (χ1n) is 7.44. The second kappa shape index (κ2) is 6.45. The molecule has 2 heteroatoms. The lowest BCUT2D eigenvalue weighted by Gasteiger charge is -2.21. The highest BCUT2D eigenvalue weighted by atomic mass is 32.2. The van der Waals surface area contributed by atoms with Gasteiger partial charge in [0.2, 0.25) is 0 Å². The van der Waals surface area contributed by atoms with Gasteiger partial charge in [0.05, 0.1) is 7.11 Å². The van der Waals surface area contributed by atoms with Crippen LogP contribution in [0.15, 0.2) is 60.0 Å². The number of allylic oxidation sites excluding steroid dienone is 1. The number of benzene rings is 2. The Morgan fingerprint density at radius 3 is 2.73 bits per heavy atom. The third-order valence-electron chi connectivity index (χ3n) is 4.13. The Kier molecular flexibility index (Phi) is 4.39. The Morgan fingerprint density at radius 1 is 1.14 bits per heavy atom. The van der Waals surface area contributed by atoms with E-state index in [4.69, 9.17) is 4.74 Å². The zero-order valence-electron chi connectivity index (χ0n) is 13.1. The molecule has 0 N–H and O–H groups in total. The van der Waals surface area contributed by atoms with Crippen LogP contribution in [0.2, 0.25) is 0 Å². The zero-order valence-corrected chi connectivity index (χ0v) is 13.9. The van der Waals surface area contributed by atoms with Crippen molar-refractivity contribution < 1.29 is 4.74 Å². The minimum absolute atomic E-state index is 0.714. The van der Waals surface area contributed by atoms with Gasteiger partial charge in [-0.3, -0.25) is 0 Å². The SMILES string of the molecule is C=C(OC)c1ccc2c(c1)C(c1ccccc1SC)=CCC2. The molecule has 1 aliphatic rings. The Bertz CT molecular complexity index is 743. The standard InChI is InChI=1S/C20H20OS/c1-14(21-2)16-12-11-15-7-6-9-17(19(15)13-16)18-8-4-5-10-20(18)22-3/h4-5,8-13H,1,6-7H2,2-3H3. The van der Waals surface area contributed by atoms with Crippen molar-refractivity contribution >= 4 is 23.1 Å². The molecule has 0 atom stereocenters. The monoisotopic (exact) mass is 308 g/mol. The number of hydrogen-bond donors (Lipinski definition) is 0. The minimum Gasteiger partial charge on any atom is -0.497 e. The topological polar surface area (TPSA) is 9.23 Å². The summed E-state index contributed by atoms with van der Waals surface area (Å²) in [7, 11) is 1.67. The summed E-state index contributed by atoms with van der Waals surface area (Å²) in [4.78, 5) is 1.32. The van der Waals surface area contributed by atoms with Gasteiger partial charge < -0.3 is 4.74 Å². The fourth-order valence-electron chi connectivity index (χ4n) is 2.94. The van der Waals surface area contributed by atoms with Crippen LogP contribution in [0.4, 0.5) is 0 Å². The summed E-state index contributed by atoms with van der Waals surface area (Å²) in [5, 5.41) is 0. The lowest BCUT2D eigenvalue weighted by Crippen LogP contribution is -2.03. The van der Waals surface area contributed by atoms with Crippen LogP contribution in [-0.2, 0) is 11.2 Å². The second-order valence-corrected chi connectivity index (χ2v) is 6.20. The first-order chi connectivity index (χ1) is 10.7. The van der Waals surface area contributed by atoms with Crippen LogP contribution < -0.4 is 0 Å². The Balaban J connectivity index is 2.13. The maximum atomic E-state index is 5.30. The molecule has 1 nitrogen and oxygen atoms in total. The van der Waals surface area contributed by atoms with E-state index in [1.165, 1.54) is 27.2 Å². The summed E-state index contributed by atoms with van der Waals surface area (Å²) in [6, 6.07) is 15.1. The third kappa shape index (κ3) is 2.71. The summed E-state index contributed by atoms with van der Waals surface area (Å²) < 4.78 is 5.30. The van der Waals surface area contributed by atoms with Crippen molar-refractivity contribution in [3.8, 4) is 0 Å². The van der Waals surface area contributed by atoms with Crippen LogP contribution >= 0.6 is 11.8 Å². The Labute approximate surface area is 136 Å². The van der Waals surface area contributed by atoms with Gasteiger partial charge in [-0.1, -0.05) is 43.0 Å². The average Bonchev–Trinajstić information content (AvgIpc) is 2.60. The maximum Gasteiger partial charge on any atom is 0.118 e. The lowest BCUT2D eigenvalue weighted by molar-refractivity contribution is 0.371. The highest BCUT2D eigenvalue weighted by Gasteiger charge is 2.17. The van der Waals surface area contributed by atoms with Gasteiger partial charge in [0.25, 0.3) is 0 Å². The van der Waals surface area contributed by atoms with Crippen molar-refractivity contribution in [2.24, 2.45) is 0 Å². The Hall–Kier alpha value is -1.93. The van der Waals surface area contributed by atoms with Gasteiger partial charge in [-0.15, -0.1) is 11.8 Å². The first-order valence-corrected chi connectivity index (χ1v) is 8.67. The Morgan fingerprint density at radius 2 is 1.95 bits per heavy atom. The van der Waals surface area contributed by atoms with E-state index < -0.39 is 0 Å². The van der Waals surface area contributed by atoms with Crippen LogP contribution in [-0.4, -0.2) is 13.4 Å². The summed E-state index contributed by atoms with van der Waals surface area (Å²) in [5.74, 6) is 0.714. The quantitative estimate of drug-likeness (QED) is 0.552. The molecule has 22 heavy (non-hydrogen) atoms. The largest absolute Gasteiger partial charge is 0.497 e. The normalized spacial score (nSPS) is 13.3. The van der Waals surface area contributed by atoms with Crippen molar-refractivity contribution in [1.29, 1.82) is 0 Å². The predicted octanol–water partition coefficient (Wildman–Crippen LogP) is 5.40. The van der Waals surface area contributed by atoms with E-state index in [9.17, 15) is 0 Å². The van der Waals surface area contributed by atoms with Crippen LogP contribution in [0.3, 0.4) is 0 Å². The highest BCUT2D eigenvalue weighted by molar-refractivity contribution is 7.98. The molecule has 0 saturated carbocycles. The number of methoxy groups -OCH3 is 1. The summed E-state index contributed by atoms with van der Waals surface area (Å²) >= 11 is 1.80. The zero-order chi connectivity index (χ0) is 15.5. The van der Waals surface area contributed by atoms with Gasteiger partial charge in [0.1, 0.15) is 5.76 Å². The molecule has 1 aliphatic carbocycles. The molecule has 0 unspecified atom stereocenters. The molecule has 3 rings (SSSR count). The van der Waals surface area contributed by atoms with Crippen LogP contribution in [0, 0.1) is 0 Å². The lowest BCUT2D eigenvalue weighted by atomic mass is 9.86. The van der Waals surface area contributed by atoms with Crippen molar-refractivity contribution in [3.63, 3.8) is 0 Å². The molecule has 112 valence electrons. The fraction of sp³-hybridized carbons (Fsp3) is 0.200. The van der Waals surface area contributed by atoms with Gasteiger partial charge in [-0.05, 0) is 53.5 Å². The van der Waals surface area contributed by atoms with E-state index in [0.29, 0.717) is 5.76 Å². The van der Waals surface area contributed by atoms with Crippen molar-refractivity contribution in [2.45, 2.75) is 17.7 Å². The average molecular weight is 308 g/mol. The maximum absolute atomic E-state index is 5.30. The van der Waals surface area contributed by atoms with E-state index in [1.807, 2.05) is 0 Å². The third-order valence-corrected chi connectivity index (χ3v) is 4.92. The molecule has 0 aromatic heterocycles. The molecule has 0 aliphatic heterocycles. The molecule has 0 radical (unpaired) electrons. The molecule has 0 amide bonds. The first kappa shape index (κ1) is 15.0. The second-order valence-electron chi connectivity index (χ2n) is 5.36. The fourth-order valence-corrected chi connectivity index (χ4v) is 3.55. The smallest absolute Gasteiger partial charge is 0.118 e. The van der Waals surface area contributed by atoms with E-state index in [0.717, 1.165) is 18.4 Å². The van der Waals surface area contributed by atoms with Crippen LogP contribution in [0.1, 0.15) is 28.7 Å². The number of fused-ring (bicyclic) bond motifs is 1. The molecule has 0 bridgehead atoms. The number of ether oxygens (including phenoxy) is 1. The van der Waals surface area contributed by atoms with E-state index in [1.54, 1.807) is 18.9 Å². The van der Waals surface area contributed by atoms with E-state index in [-0.39, 0.29) is 0 Å². The van der Waals surface area contributed by atoms with Gasteiger partial charge >= 0.3 is 0 Å². The highest BCUT2D eigenvalue weighted by Crippen LogP contribution is 2.37. The van der Waals surface area contributed by atoms with E-state index in [2.05, 4.69) is 61.4 Å². The molecule has 0 saturated heterocycles. The molecule has 0 fully saturated rings. The predicted molar refractivity (Wildman–Crippen MR) is 96.1 cm³/mol. The molecule has 0 heterocycles. The van der Waals surface area contributed by atoms with Crippen LogP contribution in [0.25, 0.3) is 11.3 Å². The van der Waals surface area contributed by atoms with Crippen LogP contribution in [0.5, 0.6) is 0 Å². The number of rotatable bonds is 4. The molecular formula is C20H20OS. The summed E-state index contributed by atoms with van der Waals surface area (Å²) in [6.07, 6.45) is 6.68. The van der Waals surface area contributed by atoms with Crippen molar-refractivity contribution in [2.75, 3.05) is 13.4 Å². The number of thioether (sulfide) groups is 1. The summed E-state index contributed by atoms with van der Waals surface area (Å²) in [6.45, 7) is 3.98.